The second-order valence-corrected chi connectivity index (χ2v) is 3.01. The number of aryl methyl sites for hydroxylation is 1. The second kappa shape index (κ2) is 5.14. The fraction of sp³-hybridized carbons (Fsp3) is 0.444. The first-order chi connectivity index (χ1) is 7.13. The fourth-order valence-corrected chi connectivity index (χ4v) is 1.18. The summed E-state index contributed by atoms with van der Waals surface area (Å²) in [6.45, 7) is 0. The molecular weight excluding hydrogens is 198 g/mol. The van der Waals surface area contributed by atoms with Crippen molar-refractivity contribution in [1.82, 2.24) is 9.97 Å². The van der Waals surface area contributed by atoms with Crippen molar-refractivity contribution in [3.63, 3.8) is 0 Å². The molecule has 0 bridgehead atoms. The number of anilines is 1. The van der Waals surface area contributed by atoms with Crippen molar-refractivity contribution >= 4 is 11.9 Å². The summed E-state index contributed by atoms with van der Waals surface area (Å²) in [6, 6.07) is 0. The van der Waals surface area contributed by atoms with Crippen molar-refractivity contribution in [2.75, 3.05) is 12.8 Å². The van der Waals surface area contributed by atoms with Gasteiger partial charge < -0.3 is 15.6 Å². The molecule has 6 heteroatoms. The maximum Gasteiger partial charge on any atom is 0.303 e. The highest BCUT2D eigenvalue weighted by Crippen LogP contribution is 2.17. The number of aromatic nitrogens is 2. The van der Waals surface area contributed by atoms with Crippen LogP contribution in [0.3, 0.4) is 0 Å². The van der Waals surface area contributed by atoms with Crippen LogP contribution in [0.25, 0.3) is 0 Å². The number of nitrogens with zero attached hydrogens (tertiary/aromatic N) is 2. The van der Waals surface area contributed by atoms with Gasteiger partial charge in [0.25, 0.3) is 0 Å². The van der Waals surface area contributed by atoms with Gasteiger partial charge in [0.2, 0.25) is 11.8 Å². The van der Waals surface area contributed by atoms with E-state index in [4.69, 9.17) is 15.6 Å². The molecule has 1 aromatic heterocycles. The minimum Gasteiger partial charge on any atom is -0.481 e. The Bertz CT molecular complexity index is 354. The second-order valence-electron chi connectivity index (χ2n) is 3.01. The van der Waals surface area contributed by atoms with E-state index in [1.165, 1.54) is 7.11 Å². The van der Waals surface area contributed by atoms with E-state index in [1.807, 2.05) is 0 Å². The molecule has 0 aliphatic heterocycles. The molecule has 0 radical (unpaired) electrons. The van der Waals surface area contributed by atoms with Gasteiger partial charge in [-0.2, -0.15) is 4.98 Å². The van der Waals surface area contributed by atoms with Crippen LogP contribution in [0.4, 0.5) is 5.95 Å². The zero-order valence-corrected chi connectivity index (χ0v) is 8.43. The first-order valence-corrected chi connectivity index (χ1v) is 4.50. The molecule has 0 fully saturated rings. The molecule has 0 aliphatic rings. The molecule has 0 spiro atoms. The zero-order valence-electron chi connectivity index (χ0n) is 8.43. The molecule has 0 atom stereocenters. The smallest absolute Gasteiger partial charge is 0.303 e. The Morgan fingerprint density at radius 3 is 3.00 bits per heavy atom. The monoisotopic (exact) mass is 211 g/mol. The van der Waals surface area contributed by atoms with Gasteiger partial charge in [-0.1, -0.05) is 0 Å². The highest BCUT2D eigenvalue weighted by atomic mass is 16.5. The summed E-state index contributed by atoms with van der Waals surface area (Å²) >= 11 is 0. The van der Waals surface area contributed by atoms with Crippen LogP contribution >= 0.6 is 0 Å². The molecule has 1 aromatic rings. The number of ether oxygens (including phenoxy) is 1. The molecule has 82 valence electrons. The Kier molecular flexibility index (Phi) is 3.84. The number of nitrogens with two attached hydrogens (primary N) is 1. The fourth-order valence-electron chi connectivity index (χ4n) is 1.18. The third kappa shape index (κ3) is 3.41. The van der Waals surface area contributed by atoms with Gasteiger partial charge in [0.05, 0.1) is 7.11 Å². The van der Waals surface area contributed by atoms with E-state index >= 15 is 0 Å². The predicted molar refractivity (Wildman–Crippen MR) is 53.6 cm³/mol. The van der Waals surface area contributed by atoms with E-state index in [9.17, 15) is 4.79 Å². The number of hydrogen-bond donors (Lipinski definition) is 2. The highest BCUT2D eigenvalue weighted by molar-refractivity contribution is 5.66. The number of carbonyl (C=O) groups is 1. The van der Waals surface area contributed by atoms with Crippen LogP contribution in [-0.4, -0.2) is 28.2 Å². The number of rotatable bonds is 5. The lowest BCUT2D eigenvalue weighted by Crippen LogP contribution is -2.02. The van der Waals surface area contributed by atoms with Crippen LogP contribution in [0.15, 0.2) is 6.20 Å². The SMILES string of the molecule is COc1nc(N)ncc1CCCC(=O)O. The Morgan fingerprint density at radius 2 is 2.40 bits per heavy atom. The molecule has 0 amide bonds. The summed E-state index contributed by atoms with van der Waals surface area (Å²) < 4.78 is 5.01. The summed E-state index contributed by atoms with van der Waals surface area (Å²) in [5.41, 5.74) is 6.15. The van der Waals surface area contributed by atoms with E-state index in [1.54, 1.807) is 6.20 Å². The van der Waals surface area contributed by atoms with Crippen LogP contribution < -0.4 is 10.5 Å². The maximum atomic E-state index is 10.3. The van der Waals surface area contributed by atoms with Crippen molar-refractivity contribution in [2.24, 2.45) is 0 Å². The third-order valence-electron chi connectivity index (χ3n) is 1.87. The summed E-state index contributed by atoms with van der Waals surface area (Å²) in [5, 5.41) is 8.48. The Balaban J connectivity index is 2.63. The van der Waals surface area contributed by atoms with E-state index in [0.29, 0.717) is 18.7 Å². The number of aliphatic carboxylic acids is 1. The van der Waals surface area contributed by atoms with Gasteiger partial charge in [0.15, 0.2) is 0 Å². The van der Waals surface area contributed by atoms with E-state index in [2.05, 4.69) is 9.97 Å². The van der Waals surface area contributed by atoms with Crippen molar-refractivity contribution in [3.8, 4) is 5.88 Å². The summed E-state index contributed by atoms with van der Waals surface area (Å²) in [7, 11) is 1.49. The molecule has 0 saturated carbocycles. The van der Waals surface area contributed by atoms with Crippen molar-refractivity contribution in [2.45, 2.75) is 19.3 Å². The standard InChI is InChI=1S/C9H13N3O3/c1-15-8-6(3-2-4-7(13)14)5-11-9(10)12-8/h5H,2-4H2,1H3,(H,13,14)(H2,10,11,12). The minimum absolute atomic E-state index is 0.119. The lowest BCUT2D eigenvalue weighted by atomic mass is 10.1. The topological polar surface area (TPSA) is 98.3 Å². The molecule has 1 rings (SSSR count). The lowest BCUT2D eigenvalue weighted by Gasteiger charge is -2.06. The Hall–Kier alpha value is -1.85. The van der Waals surface area contributed by atoms with Gasteiger partial charge in [-0.15, -0.1) is 0 Å². The molecule has 15 heavy (non-hydrogen) atoms. The first-order valence-electron chi connectivity index (χ1n) is 4.50. The largest absolute Gasteiger partial charge is 0.481 e. The zero-order chi connectivity index (χ0) is 11.3. The van der Waals surface area contributed by atoms with Crippen LogP contribution in [-0.2, 0) is 11.2 Å². The van der Waals surface area contributed by atoms with Crippen molar-refractivity contribution in [1.29, 1.82) is 0 Å². The van der Waals surface area contributed by atoms with Gasteiger partial charge >= 0.3 is 5.97 Å². The minimum atomic E-state index is -0.815. The molecule has 0 saturated heterocycles. The van der Waals surface area contributed by atoms with E-state index in [-0.39, 0.29) is 12.4 Å². The van der Waals surface area contributed by atoms with Crippen molar-refractivity contribution in [3.05, 3.63) is 11.8 Å². The maximum absolute atomic E-state index is 10.3. The van der Waals surface area contributed by atoms with Crippen LogP contribution in [0.1, 0.15) is 18.4 Å². The molecule has 0 aliphatic carbocycles. The number of nitrogen functional groups attached to an aromatic ring is 1. The van der Waals surface area contributed by atoms with Gasteiger partial charge in [0.1, 0.15) is 0 Å². The van der Waals surface area contributed by atoms with Gasteiger partial charge in [-0.25, -0.2) is 4.98 Å². The van der Waals surface area contributed by atoms with Gasteiger partial charge in [-0.3, -0.25) is 4.79 Å². The molecule has 6 nitrogen and oxygen atoms in total. The van der Waals surface area contributed by atoms with E-state index < -0.39 is 5.97 Å². The number of methoxy groups -OCH3 is 1. The van der Waals surface area contributed by atoms with Crippen molar-refractivity contribution < 1.29 is 14.6 Å². The Morgan fingerprint density at radius 1 is 1.67 bits per heavy atom. The van der Waals surface area contributed by atoms with Crippen LogP contribution in [0.2, 0.25) is 0 Å². The quantitative estimate of drug-likeness (QED) is 0.734. The van der Waals surface area contributed by atoms with Gasteiger partial charge in [0, 0.05) is 18.2 Å². The molecule has 0 unspecified atom stereocenters. The number of carboxylic acid groups (broad SMARTS) is 1. The lowest BCUT2D eigenvalue weighted by molar-refractivity contribution is -0.137. The van der Waals surface area contributed by atoms with E-state index in [0.717, 1.165) is 5.56 Å². The van der Waals surface area contributed by atoms with Gasteiger partial charge in [-0.05, 0) is 12.8 Å². The average Bonchev–Trinajstić information content (AvgIpc) is 2.19. The molecule has 3 N–H and O–H groups in total. The summed E-state index contributed by atoms with van der Waals surface area (Å²) in [6.07, 6.45) is 2.77. The summed E-state index contributed by atoms with van der Waals surface area (Å²) in [4.78, 5) is 18.0. The number of hydrogen-bond acceptors (Lipinski definition) is 5. The normalized spacial score (nSPS) is 9.93. The van der Waals surface area contributed by atoms with Crippen LogP contribution in [0, 0.1) is 0 Å². The third-order valence-corrected chi connectivity index (χ3v) is 1.87. The van der Waals surface area contributed by atoms with Crippen LogP contribution in [0.5, 0.6) is 5.88 Å². The number of carboxylic acids is 1. The highest BCUT2D eigenvalue weighted by Gasteiger charge is 2.06. The molecule has 0 aromatic carbocycles. The first kappa shape index (κ1) is 11.2. The molecule has 1 heterocycles. The molecular formula is C9H13N3O3. The average molecular weight is 211 g/mol. The predicted octanol–water partition coefficient (Wildman–Crippen LogP) is 0.475. The Labute approximate surface area is 87.1 Å². The summed E-state index contributed by atoms with van der Waals surface area (Å²) in [5.74, 6) is -0.257.